The van der Waals surface area contributed by atoms with Crippen molar-refractivity contribution in [1.82, 2.24) is 9.97 Å². The number of aromatic amines is 1. The number of H-pyrrole nitrogens is 1. The van der Waals surface area contributed by atoms with Gasteiger partial charge in [0, 0.05) is 12.7 Å². The summed E-state index contributed by atoms with van der Waals surface area (Å²) in [5.41, 5.74) is 3.79. The van der Waals surface area contributed by atoms with Crippen LogP contribution in [0.2, 0.25) is 0 Å². The average molecular weight is 267 g/mol. The van der Waals surface area contributed by atoms with E-state index in [1.807, 2.05) is 24.4 Å². The molecule has 20 heavy (non-hydrogen) atoms. The molecule has 0 spiro atoms. The van der Waals surface area contributed by atoms with Crippen molar-refractivity contribution in [2.24, 2.45) is 0 Å². The fourth-order valence-corrected chi connectivity index (χ4v) is 1.83. The van der Waals surface area contributed by atoms with Crippen molar-refractivity contribution in [2.75, 3.05) is 5.32 Å². The molecular weight excluding hydrogens is 246 g/mol. The molecule has 3 heteroatoms. The van der Waals surface area contributed by atoms with Gasteiger partial charge in [0.15, 0.2) is 0 Å². The van der Waals surface area contributed by atoms with Crippen molar-refractivity contribution in [3.63, 3.8) is 0 Å². The zero-order valence-electron chi connectivity index (χ0n) is 12.1. The van der Waals surface area contributed by atoms with Gasteiger partial charge in [0.25, 0.3) is 0 Å². The first-order valence-electron chi connectivity index (χ1n) is 6.93. The van der Waals surface area contributed by atoms with Gasteiger partial charge in [0.2, 0.25) is 0 Å². The molecule has 0 saturated heterocycles. The molecule has 1 aromatic heterocycles. The fourth-order valence-electron chi connectivity index (χ4n) is 1.83. The maximum Gasteiger partial charge on any atom is 0.127 e. The Morgan fingerprint density at radius 3 is 2.50 bits per heavy atom. The molecule has 1 heterocycles. The zero-order valence-corrected chi connectivity index (χ0v) is 12.1. The van der Waals surface area contributed by atoms with Gasteiger partial charge in [-0.1, -0.05) is 37.3 Å². The van der Waals surface area contributed by atoms with Crippen molar-refractivity contribution in [3.05, 3.63) is 71.7 Å². The molecule has 0 aliphatic heterocycles. The van der Waals surface area contributed by atoms with E-state index in [1.54, 1.807) is 6.33 Å². The lowest BCUT2D eigenvalue weighted by Crippen LogP contribution is -2.00. The molecule has 3 nitrogen and oxygen atoms in total. The number of hydrogen-bond donors (Lipinski definition) is 2. The van der Waals surface area contributed by atoms with E-state index >= 15 is 0 Å². The first kappa shape index (κ1) is 14.1. The number of nitrogens with zero attached hydrogens (tertiary/aromatic N) is 1. The molecular formula is C17H21N3. The molecule has 1 aromatic carbocycles. The quantitative estimate of drug-likeness (QED) is 0.878. The summed E-state index contributed by atoms with van der Waals surface area (Å²) in [5, 5.41) is 3.34. The molecule has 0 saturated carbocycles. The van der Waals surface area contributed by atoms with Crippen LogP contribution in [0.3, 0.4) is 0 Å². The molecule has 2 aromatic rings. The highest BCUT2D eigenvalue weighted by molar-refractivity contribution is 5.35. The first-order chi connectivity index (χ1) is 9.78. The largest absolute Gasteiger partial charge is 0.366 e. The molecule has 0 aliphatic rings. The maximum absolute atomic E-state index is 4.34. The van der Waals surface area contributed by atoms with Gasteiger partial charge in [-0.05, 0) is 42.2 Å². The Hall–Kier alpha value is -2.29. The van der Waals surface area contributed by atoms with Crippen LogP contribution in [0.4, 0.5) is 5.82 Å². The SMILES string of the molecule is CCc1ccc(CNc2ccc(C)cc[nH]cn2)cc1. The lowest BCUT2D eigenvalue weighted by atomic mass is 10.1. The number of aromatic nitrogens is 2. The van der Waals surface area contributed by atoms with E-state index in [0.29, 0.717) is 0 Å². The highest BCUT2D eigenvalue weighted by atomic mass is 15.0. The lowest BCUT2D eigenvalue weighted by Gasteiger charge is -2.05. The smallest absolute Gasteiger partial charge is 0.127 e. The Kier molecular flexibility index (Phi) is 5.18. The molecule has 104 valence electrons. The maximum atomic E-state index is 4.34. The number of benzene rings is 1. The molecule has 0 radical (unpaired) electrons. The second kappa shape index (κ2) is 7.34. The van der Waals surface area contributed by atoms with Gasteiger partial charge in [-0.3, -0.25) is 0 Å². The minimum absolute atomic E-state index is 0.771. The average Bonchev–Trinajstić information content (AvgIpc) is 2.58. The lowest BCUT2D eigenvalue weighted by molar-refractivity contribution is 1.08. The van der Waals surface area contributed by atoms with E-state index in [0.717, 1.165) is 18.8 Å². The van der Waals surface area contributed by atoms with Gasteiger partial charge in [-0.2, -0.15) is 0 Å². The third kappa shape index (κ3) is 4.43. The van der Waals surface area contributed by atoms with Crippen LogP contribution in [0.5, 0.6) is 0 Å². The van der Waals surface area contributed by atoms with Gasteiger partial charge in [-0.15, -0.1) is 0 Å². The molecule has 0 aliphatic carbocycles. The van der Waals surface area contributed by atoms with E-state index in [-0.39, 0.29) is 0 Å². The van der Waals surface area contributed by atoms with Gasteiger partial charge in [-0.25, -0.2) is 4.98 Å². The first-order valence-corrected chi connectivity index (χ1v) is 6.93. The van der Waals surface area contributed by atoms with Gasteiger partial charge in [0.1, 0.15) is 5.82 Å². The van der Waals surface area contributed by atoms with Crippen LogP contribution in [0.15, 0.2) is 55.0 Å². The summed E-state index contributed by atoms with van der Waals surface area (Å²) >= 11 is 0. The van der Waals surface area contributed by atoms with Crippen LogP contribution in [-0.2, 0) is 13.0 Å². The van der Waals surface area contributed by atoms with Gasteiger partial charge in [0.05, 0.1) is 6.33 Å². The predicted molar refractivity (Wildman–Crippen MR) is 84.1 cm³/mol. The molecule has 0 fully saturated rings. The molecule has 2 rings (SSSR count). The summed E-state index contributed by atoms with van der Waals surface area (Å²) in [7, 11) is 0. The summed E-state index contributed by atoms with van der Waals surface area (Å²) < 4.78 is 0. The minimum Gasteiger partial charge on any atom is -0.366 e. The highest BCUT2D eigenvalue weighted by Crippen LogP contribution is 2.07. The Morgan fingerprint density at radius 2 is 1.75 bits per heavy atom. The predicted octanol–water partition coefficient (Wildman–Crippen LogP) is 4.02. The Labute approximate surface area is 120 Å². The van der Waals surface area contributed by atoms with Crippen molar-refractivity contribution >= 4 is 5.82 Å². The second-order valence-electron chi connectivity index (χ2n) is 4.74. The topological polar surface area (TPSA) is 40.7 Å². The van der Waals surface area contributed by atoms with Crippen molar-refractivity contribution < 1.29 is 0 Å². The van der Waals surface area contributed by atoms with Crippen molar-refractivity contribution in [2.45, 2.75) is 26.8 Å². The summed E-state index contributed by atoms with van der Waals surface area (Å²) in [5.74, 6) is 0.847. The van der Waals surface area contributed by atoms with E-state index in [2.05, 4.69) is 53.4 Å². The van der Waals surface area contributed by atoms with Gasteiger partial charge >= 0.3 is 0 Å². The van der Waals surface area contributed by atoms with Crippen molar-refractivity contribution in [3.8, 4) is 0 Å². The zero-order chi connectivity index (χ0) is 14.2. The normalized spacial score (nSPS) is 9.90. The number of aryl methyl sites for hydroxylation is 2. The Morgan fingerprint density at radius 1 is 1.00 bits per heavy atom. The number of hydrogen-bond acceptors (Lipinski definition) is 2. The van der Waals surface area contributed by atoms with Crippen LogP contribution in [-0.4, -0.2) is 9.97 Å². The summed E-state index contributed by atoms with van der Waals surface area (Å²) in [4.78, 5) is 7.35. The van der Waals surface area contributed by atoms with Crippen LogP contribution < -0.4 is 5.32 Å². The van der Waals surface area contributed by atoms with Crippen LogP contribution in [0.1, 0.15) is 23.6 Å². The minimum atomic E-state index is 0.771. The molecule has 0 unspecified atom stereocenters. The van der Waals surface area contributed by atoms with Crippen LogP contribution in [0.25, 0.3) is 0 Å². The number of anilines is 1. The van der Waals surface area contributed by atoms with Crippen LogP contribution >= 0.6 is 0 Å². The third-order valence-corrected chi connectivity index (χ3v) is 3.13. The third-order valence-electron chi connectivity index (χ3n) is 3.13. The second-order valence-corrected chi connectivity index (χ2v) is 4.74. The monoisotopic (exact) mass is 267 g/mol. The van der Waals surface area contributed by atoms with E-state index in [9.17, 15) is 0 Å². The fraction of sp³-hybridized carbons (Fsp3) is 0.235. The number of rotatable bonds is 4. The van der Waals surface area contributed by atoms with Crippen LogP contribution in [0, 0.1) is 6.92 Å². The van der Waals surface area contributed by atoms with Crippen molar-refractivity contribution in [1.29, 1.82) is 0 Å². The summed E-state index contributed by atoms with van der Waals surface area (Å²) in [6.45, 7) is 4.99. The highest BCUT2D eigenvalue weighted by Gasteiger charge is 1.94. The molecule has 0 amide bonds. The Bertz CT molecular complexity index is 583. The number of nitrogens with one attached hydrogen (secondary N) is 2. The molecule has 2 N–H and O–H groups in total. The summed E-state index contributed by atoms with van der Waals surface area (Å²) in [6.07, 6.45) is 4.63. The van der Waals surface area contributed by atoms with Gasteiger partial charge < -0.3 is 10.3 Å². The molecule has 0 atom stereocenters. The Balaban J connectivity index is 2.08. The summed E-state index contributed by atoms with van der Waals surface area (Å²) in [6, 6.07) is 14.7. The van der Waals surface area contributed by atoms with E-state index < -0.39 is 0 Å². The molecule has 0 bridgehead atoms. The van der Waals surface area contributed by atoms with E-state index in [4.69, 9.17) is 0 Å². The van der Waals surface area contributed by atoms with E-state index in [1.165, 1.54) is 16.7 Å². The standard InChI is InChI=1S/C17H21N3/c1-3-15-5-7-16(8-6-15)12-19-17-9-4-14(2)10-11-18-13-20-17/h4-11,13,19H,3,12H2,1-2H3,(H,18,20).